The Bertz CT molecular complexity index is 1030. The highest BCUT2D eigenvalue weighted by Gasteiger charge is 2.18. The van der Waals surface area contributed by atoms with E-state index in [0.717, 1.165) is 41.5 Å². The van der Waals surface area contributed by atoms with Crippen molar-refractivity contribution in [1.29, 1.82) is 0 Å². The minimum atomic E-state index is -0.463. The van der Waals surface area contributed by atoms with Gasteiger partial charge in [0, 0.05) is 24.1 Å². The fraction of sp³-hybridized carbons (Fsp3) is 0.350. The van der Waals surface area contributed by atoms with Crippen molar-refractivity contribution in [3.63, 3.8) is 0 Å². The van der Waals surface area contributed by atoms with Crippen LogP contribution in [0.4, 0.5) is 5.82 Å². The summed E-state index contributed by atoms with van der Waals surface area (Å²) in [7, 11) is 1.73. The first kappa shape index (κ1) is 17.3. The number of furan rings is 1. The monoisotopic (exact) mass is 367 g/mol. The Hall–Kier alpha value is -3.09. The zero-order valence-corrected chi connectivity index (χ0v) is 15.4. The van der Waals surface area contributed by atoms with Crippen LogP contribution in [-0.2, 0) is 40.6 Å². The summed E-state index contributed by atoms with van der Waals surface area (Å²) in [6.45, 7) is 1.49. The lowest BCUT2D eigenvalue weighted by atomic mass is 10.0. The van der Waals surface area contributed by atoms with E-state index in [9.17, 15) is 9.59 Å². The second-order valence-electron chi connectivity index (χ2n) is 6.91. The van der Waals surface area contributed by atoms with Crippen LogP contribution >= 0.6 is 0 Å². The average Bonchev–Trinajstić information content (AvgIpc) is 3.31. The minimum Gasteiger partial charge on any atom is -0.464 e. The second-order valence-corrected chi connectivity index (χ2v) is 6.91. The third-order valence-electron chi connectivity index (χ3n) is 4.84. The molecule has 0 fully saturated rings. The highest BCUT2D eigenvalue weighted by atomic mass is 16.5. The Morgan fingerprint density at radius 2 is 2.04 bits per heavy atom. The van der Waals surface area contributed by atoms with Gasteiger partial charge in [-0.05, 0) is 49.4 Å². The van der Waals surface area contributed by atoms with Crippen molar-refractivity contribution in [2.24, 2.45) is 7.05 Å². The van der Waals surface area contributed by atoms with Crippen molar-refractivity contribution in [2.75, 3.05) is 11.9 Å². The molecule has 0 spiro atoms. The maximum atomic E-state index is 12.2. The largest absolute Gasteiger partial charge is 0.464 e. The van der Waals surface area contributed by atoms with Crippen LogP contribution in [0.15, 0.2) is 28.9 Å². The van der Waals surface area contributed by atoms with Gasteiger partial charge in [0.25, 0.3) is 5.91 Å². The molecule has 140 valence electrons. The predicted molar refractivity (Wildman–Crippen MR) is 99.5 cm³/mol. The van der Waals surface area contributed by atoms with Gasteiger partial charge in [-0.15, -0.1) is 0 Å². The number of nitrogens with zero attached hydrogens (tertiary/aromatic N) is 2. The molecule has 0 atom stereocenters. The van der Waals surface area contributed by atoms with Crippen molar-refractivity contribution in [3.05, 3.63) is 46.8 Å². The lowest BCUT2D eigenvalue weighted by Gasteiger charge is -2.06. The van der Waals surface area contributed by atoms with Gasteiger partial charge in [-0.25, -0.2) is 0 Å². The Morgan fingerprint density at radius 1 is 1.26 bits per heavy atom. The van der Waals surface area contributed by atoms with Crippen molar-refractivity contribution in [1.82, 2.24) is 9.78 Å². The van der Waals surface area contributed by atoms with Crippen LogP contribution in [0, 0.1) is 6.92 Å². The van der Waals surface area contributed by atoms with Crippen molar-refractivity contribution in [2.45, 2.75) is 32.6 Å². The van der Waals surface area contributed by atoms with E-state index >= 15 is 0 Å². The molecule has 1 aromatic carbocycles. The number of hydrogen-bond donors (Lipinski definition) is 1. The van der Waals surface area contributed by atoms with Crippen LogP contribution in [0.1, 0.15) is 28.8 Å². The zero-order valence-electron chi connectivity index (χ0n) is 15.4. The van der Waals surface area contributed by atoms with Crippen molar-refractivity contribution >= 4 is 28.7 Å². The van der Waals surface area contributed by atoms with E-state index in [2.05, 4.69) is 22.5 Å². The van der Waals surface area contributed by atoms with Crippen LogP contribution in [0.25, 0.3) is 11.0 Å². The summed E-state index contributed by atoms with van der Waals surface area (Å²) in [5.74, 6) is -0.306. The number of ether oxygens (including phenoxy) is 1. The maximum absolute atomic E-state index is 12.2. The van der Waals surface area contributed by atoms with Gasteiger partial charge >= 0.3 is 5.97 Å². The molecule has 3 aromatic rings. The van der Waals surface area contributed by atoms with Gasteiger partial charge in [0.05, 0.1) is 18.4 Å². The summed E-state index contributed by atoms with van der Waals surface area (Å²) < 4.78 is 12.3. The van der Waals surface area contributed by atoms with E-state index in [-0.39, 0.29) is 13.0 Å². The second kappa shape index (κ2) is 6.90. The third-order valence-corrected chi connectivity index (χ3v) is 4.84. The molecule has 0 aliphatic heterocycles. The van der Waals surface area contributed by atoms with Crippen LogP contribution in [-0.4, -0.2) is 28.3 Å². The number of aryl methyl sites for hydroxylation is 4. The molecule has 2 aromatic heterocycles. The van der Waals surface area contributed by atoms with Crippen molar-refractivity contribution in [3.8, 4) is 0 Å². The smallest absolute Gasteiger partial charge is 0.310 e. The molecule has 2 heterocycles. The summed E-state index contributed by atoms with van der Waals surface area (Å²) in [5, 5.41) is 7.76. The third kappa shape index (κ3) is 3.58. The van der Waals surface area contributed by atoms with E-state index in [1.165, 1.54) is 11.1 Å². The Morgan fingerprint density at radius 3 is 2.78 bits per heavy atom. The molecule has 1 amide bonds. The van der Waals surface area contributed by atoms with Gasteiger partial charge in [0.1, 0.15) is 11.4 Å². The first-order valence-corrected chi connectivity index (χ1v) is 8.97. The molecule has 4 rings (SSSR count). The zero-order chi connectivity index (χ0) is 19.0. The molecule has 0 saturated heterocycles. The highest BCUT2D eigenvalue weighted by molar-refractivity contribution is 5.93. The van der Waals surface area contributed by atoms with Crippen LogP contribution in [0.3, 0.4) is 0 Å². The number of carbonyl (C=O) groups excluding carboxylic acids is 2. The molecule has 7 heteroatoms. The highest BCUT2D eigenvalue weighted by Crippen LogP contribution is 2.30. The van der Waals surface area contributed by atoms with E-state index in [1.54, 1.807) is 24.1 Å². The molecule has 1 aliphatic carbocycles. The van der Waals surface area contributed by atoms with Crippen LogP contribution in [0.2, 0.25) is 0 Å². The van der Waals surface area contributed by atoms with Crippen LogP contribution < -0.4 is 5.32 Å². The molecule has 0 saturated carbocycles. The Balaban J connectivity index is 1.36. The molecule has 0 unspecified atom stereocenters. The number of esters is 1. The summed E-state index contributed by atoms with van der Waals surface area (Å²) in [6, 6.07) is 5.92. The van der Waals surface area contributed by atoms with Gasteiger partial charge in [0.2, 0.25) is 0 Å². The molecule has 0 bridgehead atoms. The number of aromatic nitrogens is 2. The Kier molecular flexibility index (Phi) is 4.43. The summed E-state index contributed by atoms with van der Waals surface area (Å²) >= 11 is 0. The molecule has 7 nitrogen and oxygen atoms in total. The average molecular weight is 367 g/mol. The van der Waals surface area contributed by atoms with E-state index in [0.29, 0.717) is 5.82 Å². The minimum absolute atomic E-state index is 0.0733. The molecule has 0 radical (unpaired) electrons. The van der Waals surface area contributed by atoms with Crippen LogP contribution in [0.5, 0.6) is 0 Å². The van der Waals surface area contributed by atoms with Gasteiger partial charge in [-0.2, -0.15) is 5.10 Å². The Labute approximate surface area is 156 Å². The lowest BCUT2D eigenvalue weighted by Crippen LogP contribution is -2.22. The van der Waals surface area contributed by atoms with E-state index < -0.39 is 11.9 Å². The first-order chi connectivity index (χ1) is 13.0. The fourth-order valence-corrected chi connectivity index (χ4v) is 3.54. The summed E-state index contributed by atoms with van der Waals surface area (Å²) in [4.78, 5) is 24.1. The number of anilines is 1. The van der Waals surface area contributed by atoms with Gasteiger partial charge in [-0.3, -0.25) is 14.3 Å². The topological polar surface area (TPSA) is 86.4 Å². The van der Waals surface area contributed by atoms with Gasteiger partial charge < -0.3 is 14.5 Å². The standard InChI is InChI=1S/C20H21N3O4/c1-12-6-18(23(2)22-12)21-19(24)11-27-20(25)9-15-10-26-17-8-14-5-3-4-13(14)7-16(15)17/h6-8,10H,3-5,9,11H2,1-2H3,(H,21,24). The number of fused-ring (bicyclic) bond motifs is 2. The summed E-state index contributed by atoms with van der Waals surface area (Å²) in [6.07, 6.45) is 4.97. The molecule has 27 heavy (non-hydrogen) atoms. The fourth-order valence-electron chi connectivity index (χ4n) is 3.54. The van der Waals surface area contributed by atoms with Gasteiger partial charge in [-0.1, -0.05) is 0 Å². The first-order valence-electron chi connectivity index (χ1n) is 8.97. The quantitative estimate of drug-likeness (QED) is 0.701. The number of nitrogens with one attached hydrogen (secondary N) is 1. The number of amides is 1. The number of carbonyl (C=O) groups is 2. The number of hydrogen-bond acceptors (Lipinski definition) is 5. The van der Waals surface area contributed by atoms with E-state index in [4.69, 9.17) is 9.15 Å². The molecular formula is C20H21N3O4. The molecular weight excluding hydrogens is 346 g/mol. The molecule has 1 N–H and O–H groups in total. The SMILES string of the molecule is Cc1cc(NC(=O)COC(=O)Cc2coc3cc4c(cc23)CCC4)n(C)n1. The normalized spacial score (nSPS) is 13.0. The maximum Gasteiger partial charge on any atom is 0.310 e. The summed E-state index contributed by atoms with van der Waals surface area (Å²) in [5.41, 5.74) is 5.02. The lowest BCUT2D eigenvalue weighted by molar-refractivity contribution is -0.146. The number of benzene rings is 1. The van der Waals surface area contributed by atoms with E-state index in [1.807, 2.05) is 6.92 Å². The predicted octanol–water partition coefficient (Wildman–Crippen LogP) is 2.69. The number of rotatable bonds is 5. The van der Waals surface area contributed by atoms with Gasteiger partial charge in [0.15, 0.2) is 6.61 Å². The van der Waals surface area contributed by atoms with Crippen molar-refractivity contribution < 1.29 is 18.7 Å². The molecule has 1 aliphatic rings.